The van der Waals surface area contributed by atoms with Gasteiger partial charge in [-0.15, -0.1) is 6.58 Å². The van der Waals surface area contributed by atoms with Gasteiger partial charge in [0, 0.05) is 38.1 Å². The van der Waals surface area contributed by atoms with Crippen molar-refractivity contribution in [1.29, 1.82) is 0 Å². The standard InChI is InChI=1S/C11H17N3/c1-2-11(10-4-3-5-13-10)14-8-6-12-7-9-14/h2-5,11-13H,1,6-9H2/t11-/m1/s1. The van der Waals surface area contributed by atoms with E-state index in [2.05, 4.69) is 27.8 Å². The normalized spacial score (nSPS) is 20.6. The fraction of sp³-hybridized carbons (Fsp3) is 0.455. The van der Waals surface area contributed by atoms with E-state index in [-0.39, 0.29) is 0 Å². The maximum absolute atomic E-state index is 3.91. The zero-order valence-electron chi connectivity index (χ0n) is 8.37. The lowest BCUT2D eigenvalue weighted by Crippen LogP contribution is -2.44. The van der Waals surface area contributed by atoms with Crippen molar-refractivity contribution in [2.45, 2.75) is 6.04 Å². The van der Waals surface area contributed by atoms with Crippen LogP contribution in [-0.4, -0.2) is 36.1 Å². The topological polar surface area (TPSA) is 31.1 Å². The van der Waals surface area contributed by atoms with Crippen LogP contribution < -0.4 is 5.32 Å². The average molecular weight is 191 g/mol. The van der Waals surface area contributed by atoms with E-state index in [0.717, 1.165) is 26.2 Å². The maximum atomic E-state index is 3.91. The van der Waals surface area contributed by atoms with Crippen LogP contribution in [0.15, 0.2) is 31.0 Å². The summed E-state index contributed by atoms with van der Waals surface area (Å²) in [4.78, 5) is 5.69. The summed E-state index contributed by atoms with van der Waals surface area (Å²) in [6, 6.07) is 4.50. The summed E-state index contributed by atoms with van der Waals surface area (Å²) in [7, 11) is 0. The molecule has 1 saturated heterocycles. The molecule has 0 aromatic carbocycles. The van der Waals surface area contributed by atoms with E-state index in [9.17, 15) is 0 Å². The van der Waals surface area contributed by atoms with Crippen molar-refractivity contribution in [3.8, 4) is 0 Å². The molecular formula is C11H17N3. The number of hydrogen-bond donors (Lipinski definition) is 2. The third kappa shape index (κ3) is 1.89. The predicted octanol–water partition coefficient (Wildman–Crippen LogP) is 1.15. The van der Waals surface area contributed by atoms with Crippen molar-refractivity contribution in [3.05, 3.63) is 36.7 Å². The molecule has 2 heterocycles. The monoisotopic (exact) mass is 191 g/mol. The third-order valence-electron chi connectivity index (χ3n) is 2.71. The Hall–Kier alpha value is -1.06. The molecule has 1 aliphatic heterocycles. The fourth-order valence-electron chi connectivity index (χ4n) is 1.96. The zero-order valence-corrected chi connectivity index (χ0v) is 8.37. The van der Waals surface area contributed by atoms with Gasteiger partial charge in [0.2, 0.25) is 0 Å². The molecule has 1 aliphatic rings. The number of aromatic nitrogens is 1. The summed E-state index contributed by atoms with van der Waals surface area (Å²) in [5.41, 5.74) is 1.24. The fourth-order valence-corrected chi connectivity index (χ4v) is 1.96. The Morgan fingerprint density at radius 1 is 1.43 bits per heavy atom. The molecule has 76 valence electrons. The number of nitrogens with zero attached hydrogens (tertiary/aromatic N) is 1. The highest BCUT2D eigenvalue weighted by Crippen LogP contribution is 2.19. The second-order valence-corrected chi connectivity index (χ2v) is 3.59. The Bertz CT molecular complexity index is 273. The number of piperazine rings is 1. The Morgan fingerprint density at radius 2 is 2.21 bits per heavy atom. The molecule has 1 atom stereocenters. The maximum Gasteiger partial charge on any atom is 0.0682 e. The van der Waals surface area contributed by atoms with Crippen LogP contribution in [0.3, 0.4) is 0 Å². The SMILES string of the molecule is C=C[C@H](c1ccc[nH]1)N1CCNCC1. The van der Waals surface area contributed by atoms with Gasteiger partial charge < -0.3 is 10.3 Å². The first-order valence-electron chi connectivity index (χ1n) is 5.12. The van der Waals surface area contributed by atoms with Crippen LogP contribution in [0.25, 0.3) is 0 Å². The molecule has 1 aromatic rings. The molecule has 2 N–H and O–H groups in total. The van der Waals surface area contributed by atoms with Gasteiger partial charge in [-0.2, -0.15) is 0 Å². The number of rotatable bonds is 3. The molecular weight excluding hydrogens is 174 g/mol. The molecule has 0 saturated carbocycles. The van der Waals surface area contributed by atoms with Crippen molar-refractivity contribution in [3.63, 3.8) is 0 Å². The van der Waals surface area contributed by atoms with E-state index in [1.54, 1.807) is 0 Å². The van der Waals surface area contributed by atoms with Crippen LogP contribution >= 0.6 is 0 Å². The summed E-state index contributed by atoms with van der Waals surface area (Å²) in [5, 5.41) is 3.35. The van der Waals surface area contributed by atoms with Gasteiger partial charge in [0.15, 0.2) is 0 Å². The zero-order chi connectivity index (χ0) is 9.80. The predicted molar refractivity (Wildman–Crippen MR) is 58.2 cm³/mol. The number of H-pyrrole nitrogens is 1. The van der Waals surface area contributed by atoms with Gasteiger partial charge in [-0.25, -0.2) is 0 Å². The summed E-state index contributed by atoms with van der Waals surface area (Å²) in [5.74, 6) is 0. The van der Waals surface area contributed by atoms with Crippen molar-refractivity contribution in [2.75, 3.05) is 26.2 Å². The van der Waals surface area contributed by atoms with Crippen LogP contribution in [0.2, 0.25) is 0 Å². The summed E-state index contributed by atoms with van der Waals surface area (Å²) >= 11 is 0. The van der Waals surface area contributed by atoms with E-state index < -0.39 is 0 Å². The average Bonchev–Trinajstić information content (AvgIpc) is 2.74. The van der Waals surface area contributed by atoms with Gasteiger partial charge in [0.1, 0.15) is 0 Å². The highest BCUT2D eigenvalue weighted by atomic mass is 15.2. The lowest BCUT2D eigenvalue weighted by Gasteiger charge is -2.32. The first-order valence-corrected chi connectivity index (χ1v) is 5.12. The quantitative estimate of drug-likeness (QED) is 0.702. The van der Waals surface area contributed by atoms with Crippen molar-refractivity contribution in [2.24, 2.45) is 0 Å². The molecule has 1 aromatic heterocycles. The molecule has 0 aliphatic carbocycles. The molecule has 0 amide bonds. The lowest BCUT2D eigenvalue weighted by atomic mass is 10.1. The number of hydrogen-bond acceptors (Lipinski definition) is 2. The van der Waals surface area contributed by atoms with Crippen LogP contribution in [0.5, 0.6) is 0 Å². The highest BCUT2D eigenvalue weighted by Gasteiger charge is 2.19. The van der Waals surface area contributed by atoms with E-state index in [4.69, 9.17) is 0 Å². The molecule has 0 spiro atoms. The van der Waals surface area contributed by atoms with E-state index in [0.29, 0.717) is 6.04 Å². The Kier molecular flexibility index (Phi) is 3.01. The molecule has 2 rings (SSSR count). The smallest absolute Gasteiger partial charge is 0.0682 e. The molecule has 0 bridgehead atoms. The minimum Gasteiger partial charge on any atom is -0.363 e. The van der Waals surface area contributed by atoms with Crippen LogP contribution in [0, 0.1) is 0 Å². The minimum absolute atomic E-state index is 0.340. The van der Waals surface area contributed by atoms with Gasteiger partial charge in [-0.1, -0.05) is 6.08 Å². The Morgan fingerprint density at radius 3 is 2.79 bits per heavy atom. The third-order valence-corrected chi connectivity index (χ3v) is 2.71. The second kappa shape index (κ2) is 4.44. The number of aromatic amines is 1. The van der Waals surface area contributed by atoms with Crippen LogP contribution in [0.1, 0.15) is 11.7 Å². The molecule has 3 nitrogen and oxygen atoms in total. The van der Waals surface area contributed by atoms with Crippen molar-refractivity contribution in [1.82, 2.24) is 15.2 Å². The minimum atomic E-state index is 0.340. The molecule has 1 fully saturated rings. The summed E-state index contributed by atoms with van der Waals surface area (Å²) in [6.45, 7) is 8.24. The first kappa shape index (κ1) is 9.49. The lowest BCUT2D eigenvalue weighted by molar-refractivity contribution is 0.201. The summed E-state index contributed by atoms with van der Waals surface area (Å²) in [6.07, 6.45) is 3.98. The Labute approximate surface area is 84.8 Å². The highest BCUT2D eigenvalue weighted by molar-refractivity contribution is 5.14. The van der Waals surface area contributed by atoms with Gasteiger partial charge in [0.25, 0.3) is 0 Å². The Balaban J connectivity index is 2.08. The largest absolute Gasteiger partial charge is 0.363 e. The van der Waals surface area contributed by atoms with Gasteiger partial charge in [-0.3, -0.25) is 4.90 Å². The first-order chi connectivity index (χ1) is 6.92. The molecule has 14 heavy (non-hydrogen) atoms. The van der Waals surface area contributed by atoms with E-state index in [1.165, 1.54) is 5.69 Å². The van der Waals surface area contributed by atoms with Crippen molar-refractivity contribution < 1.29 is 0 Å². The van der Waals surface area contributed by atoms with Crippen LogP contribution in [-0.2, 0) is 0 Å². The van der Waals surface area contributed by atoms with Gasteiger partial charge >= 0.3 is 0 Å². The molecule has 0 radical (unpaired) electrons. The van der Waals surface area contributed by atoms with Gasteiger partial charge in [-0.05, 0) is 12.1 Å². The van der Waals surface area contributed by atoms with E-state index >= 15 is 0 Å². The van der Waals surface area contributed by atoms with E-state index in [1.807, 2.05) is 18.3 Å². The van der Waals surface area contributed by atoms with Crippen molar-refractivity contribution >= 4 is 0 Å². The van der Waals surface area contributed by atoms with Crippen LogP contribution in [0.4, 0.5) is 0 Å². The molecule has 3 heteroatoms. The second-order valence-electron chi connectivity index (χ2n) is 3.59. The number of nitrogens with one attached hydrogen (secondary N) is 2. The van der Waals surface area contributed by atoms with Gasteiger partial charge in [0.05, 0.1) is 6.04 Å². The molecule has 0 unspecified atom stereocenters. The summed E-state index contributed by atoms with van der Waals surface area (Å²) < 4.78 is 0.